The van der Waals surface area contributed by atoms with E-state index in [-0.39, 0.29) is 23.5 Å². The predicted molar refractivity (Wildman–Crippen MR) is 94.6 cm³/mol. The summed E-state index contributed by atoms with van der Waals surface area (Å²) in [7, 11) is 1.49. The lowest BCUT2D eigenvalue weighted by Crippen LogP contribution is -2.36. The van der Waals surface area contributed by atoms with Crippen LogP contribution in [-0.2, 0) is 0 Å². The number of hydrogen-bond donors (Lipinski definition) is 3. The van der Waals surface area contributed by atoms with Gasteiger partial charge >= 0.3 is 5.69 Å². The van der Waals surface area contributed by atoms with E-state index in [2.05, 4.69) is 25.6 Å². The largest absolute Gasteiger partial charge is 0.480 e. The Morgan fingerprint density at radius 1 is 1.35 bits per heavy atom. The summed E-state index contributed by atoms with van der Waals surface area (Å²) in [5.41, 5.74) is 0.291. The van der Waals surface area contributed by atoms with Crippen LogP contribution in [0.4, 0.5) is 23.1 Å². The molecule has 1 aliphatic rings. The molecule has 26 heavy (non-hydrogen) atoms. The van der Waals surface area contributed by atoms with Crippen molar-refractivity contribution in [2.75, 3.05) is 17.7 Å². The number of aromatic nitrogens is 3. The average Bonchev–Trinajstić information content (AvgIpc) is 2.64. The van der Waals surface area contributed by atoms with Crippen molar-refractivity contribution < 1.29 is 14.8 Å². The minimum Gasteiger partial charge on any atom is -0.480 e. The van der Waals surface area contributed by atoms with Crippen molar-refractivity contribution in [3.05, 3.63) is 34.6 Å². The molecule has 0 spiro atoms. The highest BCUT2D eigenvalue weighted by molar-refractivity contribution is 5.63. The molecule has 1 aliphatic carbocycles. The van der Waals surface area contributed by atoms with Crippen LogP contribution in [-0.4, -0.2) is 44.2 Å². The quantitative estimate of drug-likeness (QED) is 0.523. The molecule has 0 saturated heterocycles. The topological polar surface area (TPSA) is 135 Å². The van der Waals surface area contributed by atoms with Crippen molar-refractivity contribution in [2.45, 2.75) is 37.8 Å². The maximum atomic E-state index is 11.3. The summed E-state index contributed by atoms with van der Waals surface area (Å²) in [4.78, 5) is 23.0. The van der Waals surface area contributed by atoms with Gasteiger partial charge in [-0.05, 0) is 25.0 Å². The fraction of sp³-hybridized carbons (Fsp3) is 0.438. The first kappa shape index (κ1) is 17.8. The standard InChI is InChI=1S/C16H20N6O4/c1-26-15-11(6-4-8-17-15)20-16-18-9-12(22(24)25)14(21-16)19-10-5-2-3-7-13(10)23/h4,6,8-10,13,23H,2-3,5,7H2,1H3,(H2,18,19,20,21). The van der Waals surface area contributed by atoms with Gasteiger partial charge in [0.2, 0.25) is 17.6 Å². The second-order valence-corrected chi connectivity index (χ2v) is 5.97. The molecular weight excluding hydrogens is 340 g/mol. The van der Waals surface area contributed by atoms with E-state index >= 15 is 0 Å². The van der Waals surface area contributed by atoms with Gasteiger partial charge in [0.05, 0.1) is 24.2 Å². The molecule has 2 aromatic rings. The van der Waals surface area contributed by atoms with Gasteiger partial charge in [0, 0.05) is 6.20 Å². The van der Waals surface area contributed by atoms with E-state index in [1.165, 1.54) is 7.11 Å². The number of aliphatic hydroxyl groups excluding tert-OH is 1. The molecule has 3 rings (SSSR count). The first-order chi connectivity index (χ1) is 12.6. The minimum absolute atomic E-state index is 0.0707. The maximum absolute atomic E-state index is 11.3. The summed E-state index contributed by atoms with van der Waals surface area (Å²) < 4.78 is 5.16. The lowest BCUT2D eigenvalue weighted by atomic mass is 9.92. The highest BCUT2D eigenvalue weighted by atomic mass is 16.6. The number of methoxy groups -OCH3 is 1. The van der Waals surface area contributed by atoms with Gasteiger partial charge < -0.3 is 20.5 Å². The van der Waals surface area contributed by atoms with Crippen molar-refractivity contribution in [3.63, 3.8) is 0 Å². The summed E-state index contributed by atoms with van der Waals surface area (Å²) in [6.45, 7) is 0. The SMILES string of the molecule is COc1ncccc1Nc1ncc([N+](=O)[O-])c(NC2CCCCC2O)n1. The Morgan fingerprint density at radius 3 is 2.88 bits per heavy atom. The van der Waals surface area contributed by atoms with Gasteiger partial charge in [0.25, 0.3) is 0 Å². The number of rotatable bonds is 6. The maximum Gasteiger partial charge on any atom is 0.329 e. The van der Waals surface area contributed by atoms with E-state index in [0.717, 1.165) is 25.5 Å². The summed E-state index contributed by atoms with van der Waals surface area (Å²) in [6.07, 6.45) is 5.43. The van der Waals surface area contributed by atoms with Gasteiger partial charge in [-0.1, -0.05) is 12.8 Å². The molecule has 0 bridgehead atoms. The normalized spacial score (nSPS) is 19.6. The molecule has 2 atom stereocenters. The molecule has 2 aromatic heterocycles. The Kier molecular flexibility index (Phi) is 5.42. The summed E-state index contributed by atoms with van der Waals surface area (Å²) in [6, 6.07) is 3.17. The van der Waals surface area contributed by atoms with Crippen LogP contribution in [0, 0.1) is 10.1 Å². The molecule has 2 heterocycles. The van der Waals surface area contributed by atoms with Gasteiger partial charge in [-0.3, -0.25) is 10.1 Å². The minimum atomic E-state index is -0.562. The van der Waals surface area contributed by atoms with Crippen LogP contribution in [0.3, 0.4) is 0 Å². The zero-order valence-corrected chi connectivity index (χ0v) is 14.3. The molecule has 138 valence electrons. The van der Waals surface area contributed by atoms with E-state index in [1.807, 2.05) is 0 Å². The van der Waals surface area contributed by atoms with Crippen molar-refractivity contribution in [2.24, 2.45) is 0 Å². The van der Waals surface area contributed by atoms with Crippen molar-refractivity contribution in [1.29, 1.82) is 0 Å². The highest BCUT2D eigenvalue weighted by Gasteiger charge is 2.27. The van der Waals surface area contributed by atoms with Crippen molar-refractivity contribution in [1.82, 2.24) is 15.0 Å². The van der Waals surface area contributed by atoms with E-state index in [0.29, 0.717) is 18.0 Å². The second kappa shape index (κ2) is 7.91. The number of nitrogens with zero attached hydrogens (tertiary/aromatic N) is 4. The van der Waals surface area contributed by atoms with Crippen molar-refractivity contribution in [3.8, 4) is 5.88 Å². The Balaban J connectivity index is 1.87. The Bertz CT molecular complexity index is 787. The van der Waals surface area contributed by atoms with Crippen LogP contribution in [0.15, 0.2) is 24.5 Å². The van der Waals surface area contributed by atoms with Gasteiger partial charge in [-0.2, -0.15) is 4.98 Å². The molecular formula is C16H20N6O4. The predicted octanol–water partition coefficient (Wildman–Crippen LogP) is 2.25. The van der Waals surface area contributed by atoms with Gasteiger partial charge in [0.1, 0.15) is 11.9 Å². The smallest absolute Gasteiger partial charge is 0.329 e. The van der Waals surface area contributed by atoms with Crippen LogP contribution in [0.1, 0.15) is 25.7 Å². The lowest BCUT2D eigenvalue weighted by Gasteiger charge is -2.28. The van der Waals surface area contributed by atoms with E-state index in [9.17, 15) is 15.2 Å². The van der Waals surface area contributed by atoms with E-state index < -0.39 is 11.0 Å². The molecule has 0 aromatic carbocycles. The van der Waals surface area contributed by atoms with Gasteiger partial charge in [0.15, 0.2) is 0 Å². The average molecular weight is 360 g/mol. The molecule has 0 amide bonds. The van der Waals surface area contributed by atoms with Gasteiger partial charge in [-0.25, -0.2) is 9.97 Å². The summed E-state index contributed by atoms with van der Waals surface area (Å²) >= 11 is 0. The monoisotopic (exact) mass is 360 g/mol. The number of pyridine rings is 1. The first-order valence-electron chi connectivity index (χ1n) is 8.30. The first-order valence-corrected chi connectivity index (χ1v) is 8.30. The zero-order valence-electron chi connectivity index (χ0n) is 14.3. The Hall–Kier alpha value is -3.01. The fourth-order valence-electron chi connectivity index (χ4n) is 2.90. The number of hydrogen-bond acceptors (Lipinski definition) is 9. The molecule has 3 N–H and O–H groups in total. The third-order valence-corrected chi connectivity index (χ3v) is 4.23. The molecule has 0 radical (unpaired) electrons. The van der Waals surface area contributed by atoms with E-state index in [4.69, 9.17) is 4.74 Å². The van der Waals surface area contributed by atoms with Crippen LogP contribution in [0.2, 0.25) is 0 Å². The zero-order chi connectivity index (χ0) is 18.5. The second-order valence-electron chi connectivity index (χ2n) is 5.97. The molecule has 10 heteroatoms. The van der Waals surface area contributed by atoms with Crippen molar-refractivity contribution >= 4 is 23.1 Å². The number of ether oxygens (including phenoxy) is 1. The fourth-order valence-corrected chi connectivity index (χ4v) is 2.90. The number of nitrogens with one attached hydrogen (secondary N) is 2. The molecule has 2 unspecified atom stereocenters. The van der Waals surface area contributed by atoms with Crippen LogP contribution in [0.25, 0.3) is 0 Å². The lowest BCUT2D eigenvalue weighted by molar-refractivity contribution is -0.384. The summed E-state index contributed by atoms with van der Waals surface area (Å²) in [5, 5.41) is 27.4. The summed E-state index contributed by atoms with van der Waals surface area (Å²) in [5.74, 6) is 0.586. The van der Waals surface area contributed by atoms with Crippen LogP contribution >= 0.6 is 0 Å². The molecule has 10 nitrogen and oxygen atoms in total. The van der Waals surface area contributed by atoms with Gasteiger partial charge in [-0.15, -0.1) is 0 Å². The highest BCUT2D eigenvalue weighted by Crippen LogP contribution is 2.29. The Morgan fingerprint density at radius 2 is 2.15 bits per heavy atom. The number of aliphatic hydroxyl groups is 1. The third-order valence-electron chi connectivity index (χ3n) is 4.23. The molecule has 1 fully saturated rings. The number of nitro groups is 1. The number of anilines is 3. The molecule has 1 saturated carbocycles. The third kappa shape index (κ3) is 3.97. The van der Waals surface area contributed by atoms with Crippen LogP contribution < -0.4 is 15.4 Å². The molecule has 0 aliphatic heterocycles. The van der Waals surface area contributed by atoms with Crippen LogP contribution in [0.5, 0.6) is 5.88 Å². The Labute approximate surface area is 149 Å². The van der Waals surface area contributed by atoms with E-state index in [1.54, 1.807) is 18.3 Å².